The lowest BCUT2D eigenvalue weighted by Crippen LogP contribution is -2.14. The fourth-order valence-electron chi connectivity index (χ4n) is 1.84. The number of halogens is 4. The Kier molecular flexibility index (Phi) is 3.82. The second-order valence-corrected chi connectivity index (χ2v) is 4.44. The van der Waals surface area contributed by atoms with Crippen LogP contribution in [0.4, 0.5) is 23.4 Å². The van der Waals surface area contributed by atoms with Crippen molar-refractivity contribution in [2.24, 2.45) is 5.84 Å². The number of aryl methyl sites for hydroxylation is 1. The van der Waals surface area contributed by atoms with Crippen LogP contribution in [0.15, 0.2) is 18.2 Å². The van der Waals surface area contributed by atoms with Gasteiger partial charge in [-0.1, -0.05) is 0 Å². The highest BCUT2D eigenvalue weighted by atomic mass is 19.4. The van der Waals surface area contributed by atoms with E-state index in [1.165, 1.54) is 0 Å². The Hall–Kier alpha value is -2.22. The minimum Gasteiger partial charge on any atom is -0.308 e. The lowest BCUT2D eigenvalue weighted by Gasteiger charge is -2.14. The number of nitrogens with zero attached hydrogens (tertiary/aromatic N) is 2. The predicted octanol–water partition coefficient (Wildman–Crippen LogP) is 3.20. The number of hydrogen-bond donors (Lipinski definition) is 2. The number of rotatable bonds is 2. The van der Waals surface area contributed by atoms with Crippen LogP contribution in [0.3, 0.4) is 0 Å². The summed E-state index contributed by atoms with van der Waals surface area (Å²) in [4.78, 5) is 7.92. The summed E-state index contributed by atoms with van der Waals surface area (Å²) in [5, 5.41) is 0. The molecule has 0 aliphatic carbocycles. The van der Waals surface area contributed by atoms with Gasteiger partial charge in [-0.25, -0.2) is 20.2 Å². The van der Waals surface area contributed by atoms with Crippen LogP contribution in [0.5, 0.6) is 0 Å². The molecule has 0 fully saturated rings. The van der Waals surface area contributed by atoms with Gasteiger partial charge in [-0.05, 0) is 32.0 Å². The normalized spacial score (nSPS) is 11.6. The van der Waals surface area contributed by atoms with Crippen molar-refractivity contribution in [2.75, 3.05) is 5.43 Å². The predicted molar refractivity (Wildman–Crippen MR) is 69.7 cm³/mol. The Morgan fingerprint density at radius 1 is 1.14 bits per heavy atom. The molecular weight excluding hydrogens is 288 g/mol. The molecule has 0 aliphatic heterocycles. The molecule has 0 unspecified atom stereocenters. The van der Waals surface area contributed by atoms with Crippen molar-refractivity contribution >= 4 is 5.82 Å². The first-order valence-electron chi connectivity index (χ1n) is 5.93. The number of benzene rings is 1. The first kappa shape index (κ1) is 15.2. The number of nitrogen functional groups attached to an aromatic ring is 1. The Balaban J connectivity index is 2.72. The molecule has 0 saturated carbocycles. The van der Waals surface area contributed by atoms with Gasteiger partial charge in [-0.2, -0.15) is 13.2 Å². The van der Waals surface area contributed by atoms with Gasteiger partial charge < -0.3 is 5.43 Å². The van der Waals surface area contributed by atoms with E-state index < -0.39 is 23.1 Å². The van der Waals surface area contributed by atoms with E-state index in [9.17, 15) is 17.6 Å². The Bertz CT molecular complexity index is 683. The standard InChI is InChI=1S/C13H12F4N4/c1-6-7(2)19-12(20-11(6)21-18)9-5-8(14)3-4-10(9)13(15,16)17/h3-5H,18H2,1-2H3,(H,19,20,21). The fraction of sp³-hybridized carbons (Fsp3) is 0.231. The molecular formula is C13H12F4N4. The van der Waals surface area contributed by atoms with Crippen LogP contribution in [0.2, 0.25) is 0 Å². The summed E-state index contributed by atoms with van der Waals surface area (Å²) in [7, 11) is 0. The monoisotopic (exact) mass is 300 g/mol. The minimum atomic E-state index is -4.64. The van der Waals surface area contributed by atoms with Gasteiger partial charge in [0.05, 0.1) is 5.56 Å². The maximum absolute atomic E-state index is 13.3. The molecule has 2 aromatic rings. The minimum absolute atomic E-state index is 0.190. The van der Waals surface area contributed by atoms with Crippen molar-refractivity contribution in [3.05, 3.63) is 40.8 Å². The summed E-state index contributed by atoms with van der Waals surface area (Å²) < 4.78 is 52.3. The summed E-state index contributed by atoms with van der Waals surface area (Å²) in [6.07, 6.45) is -4.64. The number of alkyl halides is 3. The van der Waals surface area contributed by atoms with Gasteiger partial charge in [0.15, 0.2) is 5.82 Å². The van der Waals surface area contributed by atoms with Crippen LogP contribution in [0, 0.1) is 19.7 Å². The number of anilines is 1. The van der Waals surface area contributed by atoms with E-state index >= 15 is 0 Å². The maximum Gasteiger partial charge on any atom is 0.417 e. The van der Waals surface area contributed by atoms with E-state index in [4.69, 9.17) is 5.84 Å². The van der Waals surface area contributed by atoms with Crippen LogP contribution in [0.1, 0.15) is 16.8 Å². The van der Waals surface area contributed by atoms with Gasteiger partial charge in [0, 0.05) is 16.8 Å². The highest BCUT2D eigenvalue weighted by Crippen LogP contribution is 2.36. The van der Waals surface area contributed by atoms with Crippen molar-refractivity contribution in [3.63, 3.8) is 0 Å². The molecule has 112 valence electrons. The quantitative estimate of drug-likeness (QED) is 0.508. The molecule has 0 amide bonds. The zero-order valence-electron chi connectivity index (χ0n) is 11.2. The van der Waals surface area contributed by atoms with Gasteiger partial charge in [-0.3, -0.25) is 0 Å². The molecule has 0 atom stereocenters. The van der Waals surface area contributed by atoms with Gasteiger partial charge >= 0.3 is 6.18 Å². The van der Waals surface area contributed by atoms with Crippen molar-refractivity contribution in [1.29, 1.82) is 0 Å². The van der Waals surface area contributed by atoms with Gasteiger partial charge in [0.1, 0.15) is 11.6 Å². The molecule has 1 aromatic carbocycles. The lowest BCUT2D eigenvalue weighted by molar-refractivity contribution is -0.137. The molecule has 3 N–H and O–H groups in total. The first-order chi connectivity index (χ1) is 9.74. The van der Waals surface area contributed by atoms with Crippen molar-refractivity contribution < 1.29 is 17.6 Å². The molecule has 2 rings (SSSR count). The van der Waals surface area contributed by atoms with E-state index in [-0.39, 0.29) is 11.6 Å². The third-order valence-electron chi connectivity index (χ3n) is 3.05. The molecule has 1 aromatic heterocycles. The first-order valence-corrected chi connectivity index (χ1v) is 5.93. The lowest BCUT2D eigenvalue weighted by atomic mass is 10.1. The third-order valence-corrected chi connectivity index (χ3v) is 3.05. The maximum atomic E-state index is 13.3. The van der Waals surface area contributed by atoms with Gasteiger partial charge in [-0.15, -0.1) is 0 Å². The van der Waals surface area contributed by atoms with Crippen molar-refractivity contribution in [1.82, 2.24) is 9.97 Å². The van der Waals surface area contributed by atoms with Crippen LogP contribution in [0.25, 0.3) is 11.4 Å². The van der Waals surface area contributed by atoms with E-state index in [2.05, 4.69) is 15.4 Å². The molecule has 0 radical (unpaired) electrons. The largest absolute Gasteiger partial charge is 0.417 e. The van der Waals surface area contributed by atoms with Gasteiger partial charge in [0.25, 0.3) is 0 Å². The Morgan fingerprint density at radius 2 is 1.81 bits per heavy atom. The SMILES string of the molecule is Cc1nc(-c2cc(F)ccc2C(F)(F)F)nc(NN)c1C. The van der Waals surface area contributed by atoms with Crippen molar-refractivity contribution in [2.45, 2.75) is 20.0 Å². The van der Waals surface area contributed by atoms with Crippen LogP contribution in [-0.4, -0.2) is 9.97 Å². The molecule has 0 spiro atoms. The molecule has 1 heterocycles. The Morgan fingerprint density at radius 3 is 2.38 bits per heavy atom. The smallest absolute Gasteiger partial charge is 0.308 e. The summed E-state index contributed by atoms with van der Waals surface area (Å²) >= 11 is 0. The van der Waals surface area contributed by atoms with Crippen molar-refractivity contribution in [3.8, 4) is 11.4 Å². The fourth-order valence-corrected chi connectivity index (χ4v) is 1.84. The molecule has 4 nitrogen and oxygen atoms in total. The number of hydrogen-bond acceptors (Lipinski definition) is 4. The van der Waals surface area contributed by atoms with Gasteiger partial charge in [0.2, 0.25) is 0 Å². The van der Waals surface area contributed by atoms with Crippen LogP contribution < -0.4 is 11.3 Å². The summed E-state index contributed by atoms with van der Waals surface area (Å²) in [6.45, 7) is 3.28. The van der Waals surface area contributed by atoms with E-state index in [1.807, 2.05) is 0 Å². The van der Waals surface area contributed by atoms with E-state index in [1.54, 1.807) is 13.8 Å². The number of nitrogens with one attached hydrogen (secondary N) is 1. The topological polar surface area (TPSA) is 63.8 Å². The van der Waals surface area contributed by atoms with Crippen LogP contribution in [-0.2, 0) is 6.18 Å². The average molecular weight is 300 g/mol. The molecule has 8 heteroatoms. The van der Waals surface area contributed by atoms with Crippen LogP contribution >= 0.6 is 0 Å². The Labute approximate surface area is 118 Å². The number of nitrogens with two attached hydrogens (primary N) is 1. The number of aromatic nitrogens is 2. The molecule has 21 heavy (non-hydrogen) atoms. The molecule has 0 bridgehead atoms. The second-order valence-electron chi connectivity index (χ2n) is 4.44. The third kappa shape index (κ3) is 2.94. The number of hydrazine groups is 1. The highest BCUT2D eigenvalue weighted by molar-refractivity contribution is 5.64. The zero-order chi connectivity index (χ0) is 15.8. The summed E-state index contributed by atoms with van der Waals surface area (Å²) in [5.41, 5.74) is 1.91. The molecule has 0 aliphatic rings. The zero-order valence-corrected chi connectivity index (χ0v) is 11.2. The van der Waals surface area contributed by atoms with E-state index in [0.29, 0.717) is 17.3 Å². The highest BCUT2D eigenvalue weighted by Gasteiger charge is 2.34. The average Bonchev–Trinajstić information content (AvgIpc) is 2.40. The summed E-state index contributed by atoms with van der Waals surface area (Å²) in [5.74, 6) is 4.43. The second kappa shape index (κ2) is 5.28. The molecule has 0 saturated heterocycles. The summed E-state index contributed by atoms with van der Waals surface area (Å²) in [6, 6.07) is 2.17. The van der Waals surface area contributed by atoms with E-state index in [0.717, 1.165) is 12.1 Å².